The molecule has 0 heterocycles. The largest absolute Gasteiger partial charge is 0.203 e. The molecule has 0 atom stereocenters. The van der Waals surface area contributed by atoms with Crippen LogP contribution in [-0.2, 0) is 6.42 Å². The molecule has 0 spiro atoms. The van der Waals surface area contributed by atoms with Gasteiger partial charge in [-0.15, -0.1) is 0 Å². The Balaban J connectivity index is 1.25. The zero-order chi connectivity index (χ0) is 23.2. The van der Waals surface area contributed by atoms with Gasteiger partial charge in [0.25, 0.3) is 0 Å². The summed E-state index contributed by atoms with van der Waals surface area (Å²) in [5.74, 6) is 1.77. The van der Waals surface area contributed by atoms with E-state index in [4.69, 9.17) is 0 Å². The molecule has 0 bridgehead atoms. The highest BCUT2D eigenvalue weighted by Gasteiger charge is 2.25. The second kappa shape index (κ2) is 11.6. The fourth-order valence-corrected chi connectivity index (χ4v) is 6.29. The smallest absolute Gasteiger partial charge is 0.166 e. The summed E-state index contributed by atoms with van der Waals surface area (Å²) in [6.07, 6.45) is 21.2. The van der Waals surface area contributed by atoms with Gasteiger partial charge in [-0.1, -0.05) is 57.4 Å². The van der Waals surface area contributed by atoms with E-state index in [2.05, 4.69) is 25.1 Å². The van der Waals surface area contributed by atoms with Crippen molar-refractivity contribution in [2.75, 3.05) is 0 Å². The van der Waals surface area contributed by atoms with Gasteiger partial charge >= 0.3 is 0 Å². The lowest BCUT2D eigenvalue weighted by Gasteiger charge is -2.31. The Labute approximate surface area is 199 Å². The fraction of sp³-hybridized carbons (Fsp3) is 0.613. The lowest BCUT2D eigenvalue weighted by molar-refractivity contribution is 0.246. The van der Waals surface area contributed by atoms with Crippen molar-refractivity contribution in [3.05, 3.63) is 59.2 Å². The predicted molar refractivity (Wildman–Crippen MR) is 137 cm³/mol. The summed E-state index contributed by atoms with van der Waals surface area (Å²) in [6, 6.07) is 7.87. The van der Waals surface area contributed by atoms with Crippen LogP contribution < -0.4 is 0 Å². The third-order valence-corrected chi connectivity index (χ3v) is 8.56. The molecular weight excluding hydrogens is 410 g/mol. The van der Waals surface area contributed by atoms with Crippen molar-refractivity contribution in [3.8, 4) is 0 Å². The van der Waals surface area contributed by atoms with Crippen molar-refractivity contribution in [1.29, 1.82) is 0 Å². The third kappa shape index (κ3) is 6.06. The van der Waals surface area contributed by atoms with Gasteiger partial charge in [-0.05, 0) is 117 Å². The summed E-state index contributed by atoms with van der Waals surface area (Å²) in [5, 5.41) is 1.27. The average molecular weight is 453 g/mol. The molecule has 180 valence electrons. The predicted octanol–water partition coefficient (Wildman–Crippen LogP) is 9.90. The average Bonchev–Trinajstić information content (AvgIpc) is 2.86. The second-order valence-corrected chi connectivity index (χ2v) is 10.8. The van der Waals surface area contributed by atoms with E-state index in [1.54, 1.807) is 0 Å². The number of fused-ring (bicyclic) bond motifs is 1. The van der Waals surface area contributed by atoms with E-state index in [-0.39, 0.29) is 0 Å². The Bertz CT molecular complexity index is 928. The van der Waals surface area contributed by atoms with Crippen molar-refractivity contribution in [2.45, 2.75) is 103 Å². The Kier molecular flexibility index (Phi) is 8.61. The normalized spacial score (nSPS) is 26.3. The fourth-order valence-electron chi connectivity index (χ4n) is 6.29. The van der Waals surface area contributed by atoms with Crippen LogP contribution in [0.15, 0.2) is 36.4 Å². The topological polar surface area (TPSA) is 0 Å². The summed E-state index contributed by atoms with van der Waals surface area (Å²) in [6.45, 7) is 4.12. The van der Waals surface area contributed by atoms with Crippen molar-refractivity contribution in [3.63, 3.8) is 0 Å². The third-order valence-electron chi connectivity index (χ3n) is 8.56. The van der Waals surface area contributed by atoms with Crippen molar-refractivity contribution >= 4 is 10.8 Å². The van der Waals surface area contributed by atoms with Gasteiger partial charge in [0, 0.05) is 5.39 Å². The van der Waals surface area contributed by atoms with Gasteiger partial charge in [0.15, 0.2) is 11.6 Å². The molecule has 33 heavy (non-hydrogen) atoms. The number of hydrogen-bond donors (Lipinski definition) is 0. The van der Waals surface area contributed by atoms with Crippen LogP contribution in [0.5, 0.6) is 0 Å². The summed E-state index contributed by atoms with van der Waals surface area (Å²) < 4.78 is 29.0. The van der Waals surface area contributed by atoms with E-state index in [0.717, 1.165) is 23.1 Å². The first kappa shape index (κ1) is 24.4. The quantitative estimate of drug-likeness (QED) is 0.350. The van der Waals surface area contributed by atoms with Gasteiger partial charge in [0.2, 0.25) is 0 Å². The zero-order valence-electron chi connectivity index (χ0n) is 20.7. The first-order valence-corrected chi connectivity index (χ1v) is 13.7. The summed E-state index contributed by atoms with van der Waals surface area (Å²) >= 11 is 0. The summed E-state index contributed by atoms with van der Waals surface area (Å²) in [5.41, 5.74) is 1.66. The second-order valence-electron chi connectivity index (χ2n) is 10.8. The van der Waals surface area contributed by atoms with Crippen LogP contribution in [-0.4, -0.2) is 0 Å². The molecule has 0 unspecified atom stereocenters. The number of hydrogen-bond acceptors (Lipinski definition) is 0. The maximum atomic E-state index is 14.7. The highest BCUT2D eigenvalue weighted by atomic mass is 19.2. The van der Waals surface area contributed by atoms with Gasteiger partial charge in [-0.25, -0.2) is 8.78 Å². The highest BCUT2D eigenvalue weighted by Crippen LogP contribution is 2.41. The number of halogens is 2. The molecule has 0 N–H and O–H groups in total. The Hall–Kier alpha value is -1.70. The monoisotopic (exact) mass is 452 g/mol. The van der Waals surface area contributed by atoms with Crippen LogP contribution in [0.1, 0.15) is 108 Å². The molecule has 2 saturated carbocycles. The molecule has 0 radical (unpaired) electrons. The molecule has 2 aromatic rings. The van der Waals surface area contributed by atoms with Crippen molar-refractivity contribution in [2.24, 2.45) is 17.8 Å². The molecule has 2 heteroatoms. The molecule has 2 fully saturated rings. The Morgan fingerprint density at radius 2 is 1.48 bits per heavy atom. The van der Waals surface area contributed by atoms with Gasteiger partial charge < -0.3 is 0 Å². The number of aryl methyl sites for hydroxylation is 1. The first-order chi connectivity index (χ1) is 16.1. The maximum Gasteiger partial charge on any atom is 0.166 e. The van der Waals surface area contributed by atoms with E-state index in [0.29, 0.717) is 23.3 Å². The molecule has 0 aliphatic heterocycles. The molecule has 2 aromatic carbocycles. The molecule has 0 saturated heterocycles. The van der Waals surface area contributed by atoms with Crippen molar-refractivity contribution in [1.82, 2.24) is 0 Å². The van der Waals surface area contributed by atoms with E-state index >= 15 is 0 Å². The minimum absolute atomic E-state index is 0.449. The van der Waals surface area contributed by atoms with E-state index in [1.807, 2.05) is 25.1 Å². The van der Waals surface area contributed by atoms with Gasteiger partial charge in [0.05, 0.1) is 0 Å². The number of rotatable bonds is 8. The van der Waals surface area contributed by atoms with Crippen LogP contribution in [0.3, 0.4) is 0 Å². The Morgan fingerprint density at radius 1 is 0.818 bits per heavy atom. The van der Waals surface area contributed by atoms with Gasteiger partial charge in [-0.2, -0.15) is 0 Å². The number of benzene rings is 2. The van der Waals surface area contributed by atoms with Crippen LogP contribution in [0, 0.1) is 29.4 Å². The lowest BCUT2D eigenvalue weighted by Crippen LogP contribution is -2.17. The number of unbranched alkanes of at least 4 members (excludes halogenated alkanes) is 1. The highest BCUT2D eigenvalue weighted by molar-refractivity contribution is 5.84. The zero-order valence-corrected chi connectivity index (χ0v) is 20.7. The van der Waals surface area contributed by atoms with Gasteiger partial charge in [-0.3, -0.25) is 0 Å². The first-order valence-electron chi connectivity index (χ1n) is 13.7. The van der Waals surface area contributed by atoms with Crippen LogP contribution in [0.2, 0.25) is 0 Å². The minimum atomic E-state index is -0.671. The molecule has 2 aliphatic rings. The Morgan fingerprint density at radius 3 is 2.12 bits per heavy atom. The van der Waals surface area contributed by atoms with Crippen LogP contribution in [0.25, 0.3) is 10.8 Å². The van der Waals surface area contributed by atoms with E-state index in [9.17, 15) is 8.78 Å². The molecule has 4 rings (SSSR count). The van der Waals surface area contributed by atoms with E-state index < -0.39 is 11.6 Å². The molecule has 0 amide bonds. The van der Waals surface area contributed by atoms with Crippen LogP contribution >= 0.6 is 0 Å². The standard InChI is InChI=1S/C31H42F2/c1-3-5-6-7-22-8-10-23(11-9-22)12-13-24-14-16-26(17-15-24)27-18-19-28-20-25(4-2)30(32)31(33)29(28)21-27/h6-7,18-24,26H,3-5,8-17H2,1-2H3/b7-6+. The maximum absolute atomic E-state index is 14.7. The summed E-state index contributed by atoms with van der Waals surface area (Å²) in [4.78, 5) is 0. The molecule has 0 nitrogen and oxygen atoms in total. The molecular formula is C31H42F2. The molecule has 0 aromatic heterocycles. The van der Waals surface area contributed by atoms with Crippen molar-refractivity contribution < 1.29 is 8.78 Å². The summed E-state index contributed by atoms with van der Waals surface area (Å²) in [7, 11) is 0. The number of allylic oxidation sites excluding steroid dienone is 2. The van der Waals surface area contributed by atoms with Gasteiger partial charge in [0.1, 0.15) is 0 Å². The SMILES string of the molecule is CCC/C=C/C1CCC(CCC2CCC(c3ccc4cc(CC)c(F)c(F)c4c3)CC2)CC1. The van der Waals surface area contributed by atoms with Crippen LogP contribution in [0.4, 0.5) is 8.78 Å². The van der Waals surface area contributed by atoms with E-state index in [1.165, 1.54) is 82.6 Å². The minimum Gasteiger partial charge on any atom is -0.203 e. The lowest BCUT2D eigenvalue weighted by atomic mass is 9.74. The molecule has 2 aliphatic carbocycles.